The summed E-state index contributed by atoms with van der Waals surface area (Å²) in [5.41, 5.74) is 3.39. The monoisotopic (exact) mass is 461 g/mol. The van der Waals surface area contributed by atoms with Crippen LogP contribution in [0.3, 0.4) is 0 Å². The SMILES string of the molecule is O=C(c1ccc(CN2C(=O)COc3ccccc32)cc1)N1CCN(c2ccccc2Cl)CC1. The number of benzene rings is 3. The second-order valence-electron chi connectivity index (χ2n) is 8.16. The third kappa shape index (κ3) is 4.39. The molecule has 0 radical (unpaired) electrons. The Morgan fingerprint density at radius 1 is 0.848 bits per heavy atom. The number of anilines is 2. The zero-order valence-electron chi connectivity index (χ0n) is 18.1. The number of fused-ring (bicyclic) bond motifs is 1. The molecular formula is C26H24ClN3O3. The van der Waals surface area contributed by atoms with Crippen molar-refractivity contribution in [2.24, 2.45) is 0 Å². The predicted molar refractivity (Wildman–Crippen MR) is 129 cm³/mol. The van der Waals surface area contributed by atoms with Crippen molar-refractivity contribution >= 4 is 34.8 Å². The molecule has 0 aromatic heterocycles. The molecular weight excluding hydrogens is 438 g/mol. The smallest absolute Gasteiger partial charge is 0.265 e. The third-order valence-corrected chi connectivity index (χ3v) is 6.43. The highest BCUT2D eigenvalue weighted by Crippen LogP contribution is 2.32. The van der Waals surface area contributed by atoms with Gasteiger partial charge in [-0.1, -0.05) is 48.0 Å². The average Bonchev–Trinajstić information content (AvgIpc) is 2.86. The first kappa shape index (κ1) is 21.3. The van der Waals surface area contributed by atoms with E-state index in [2.05, 4.69) is 4.90 Å². The van der Waals surface area contributed by atoms with Crippen molar-refractivity contribution in [1.82, 2.24) is 4.90 Å². The molecule has 7 heteroatoms. The number of halogens is 1. The first-order valence-electron chi connectivity index (χ1n) is 11.0. The summed E-state index contributed by atoms with van der Waals surface area (Å²) in [6, 6.07) is 22.8. The molecule has 2 amide bonds. The topological polar surface area (TPSA) is 53.1 Å². The van der Waals surface area contributed by atoms with E-state index in [4.69, 9.17) is 16.3 Å². The van der Waals surface area contributed by atoms with Crippen LogP contribution in [0.4, 0.5) is 11.4 Å². The minimum absolute atomic E-state index is 0.0214. The Hall–Kier alpha value is -3.51. The average molecular weight is 462 g/mol. The second kappa shape index (κ2) is 9.16. The molecule has 0 bridgehead atoms. The van der Waals surface area contributed by atoms with Gasteiger partial charge in [0, 0.05) is 31.7 Å². The van der Waals surface area contributed by atoms with Crippen LogP contribution in [0.5, 0.6) is 5.75 Å². The van der Waals surface area contributed by atoms with E-state index >= 15 is 0 Å². The fourth-order valence-corrected chi connectivity index (χ4v) is 4.56. The van der Waals surface area contributed by atoms with E-state index in [9.17, 15) is 9.59 Å². The van der Waals surface area contributed by atoms with Crippen LogP contribution in [-0.2, 0) is 11.3 Å². The Morgan fingerprint density at radius 2 is 1.52 bits per heavy atom. The van der Waals surface area contributed by atoms with Crippen molar-refractivity contribution < 1.29 is 14.3 Å². The van der Waals surface area contributed by atoms with Gasteiger partial charge in [-0.3, -0.25) is 9.59 Å². The molecule has 3 aromatic carbocycles. The van der Waals surface area contributed by atoms with E-state index in [-0.39, 0.29) is 18.4 Å². The third-order valence-electron chi connectivity index (χ3n) is 6.11. The first-order chi connectivity index (χ1) is 16.1. The van der Waals surface area contributed by atoms with Crippen LogP contribution in [-0.4, -0.2) is 49.5 Å². The van der Waals surface area contributed by atoms with Crippen molar-refractivity contribution in [2.45, 2.75) is 6.54 Å². The number of hydrogen-bond acceptors (Lipinski definition) is 4. The molecule has 0 saturated carbocycles. The van der Waals surface area contributed by atoms with Gasteiger partial charge < -0.3 is 19.4 Å². The summed E-state index contributed by atoms with van der Waals surface area (Å²) in [4.78, 5) is 31.3. The van der Waals surface area contributed by atoms with Crippen LogP contribution in [0.2, 0.25) is 5.02 Å². The van der Waals surface area contributed by atoms with Gasteiger partial charge in [0.15, 0.2) is 6.61 Å². The second-order valence-corrected chi connectivity index (χ2v) is 8.57. The zero-order valence-corrected chi connectivity index (χ0v) is 18.9. The highest BCUT2D eigenvalue weighted by atomic mass is 35.5. The van der Waals surface area contributed by atoms with E-state index in [1.807, 2.05) is 77.7 Å². The summed E-state index contributed by atoms with van der Waals surface area (Å²) in [6.07, 6.45) is 0. The fraction of sp³-hybridized carbons (Fsp3) is 0.231. The molecule has 6 nitrogen and oxygen atoms in total. The van der Waals surface area contributed by atoms with Crippen molar-refractivity contribution in [3.63, 3.8) is 0 Å². The quantitative estimate of drug-likeness (QED) is 0.583. The van der Waals surface area contributed by atoms with Gasteiger partial charge in [0.1, 0.15) is 5.75 Å². The number of para-hydroxylation sites is 3. The molecule has 0 unspecified atom stereocenters. The van der Waals surface area contributed by atoms with Crippen LogP contribution >= 0.6 is 11.6 Å². The fourth-order valence-electron chi connectivity index (χ4n) is 4.30. The highest BCUT2D eigenvalue weighted by Gasteiger charge is 2.26. The molecule has 3 aromatic rings. The zero-order chi connectivity index (χ0) is 22.8. The molecule has 1 saturated heterocycles. The molecule has 0 aliphatic carbocycles. The number of rotatable bonds is 4. The van der Waals surface area contributed by atoms with Gasteiger partial charge in [0.05, 0.1) is 22.9 Å². The number of amides is 2. The molecule has 0 spiro atoms. The van der Waals surface area contributed by atoms with E-state index in [0.29, 0.717) is 30.9 Å². The van der Waals surface area contributed by atoms with Gasteiger partial charge in [-0.05, 0) is 42.0 Å². The van der Waals surface area contributed by atoms with Crippen molar-refractivity contribution in [1.29, 1.82) is 0 Å². The summed E-state index contributed by atoms with van der Waals surface area (Å²) in [7, 11) is 0. The van der Waals surface area contributed by atoms with Crippen LogP contribution in [0.25, 0.3) is 0 Å². The number of nitrogens with zero attached hydrogens (tertiary/aromatic N) is 3. The number of carbonyl (C=O) groups is 2. The van der Waals surface area contributed by atoms with E-state index < -0.39 is 0 Å². The lowest BCUT2D eigenvalue weighted by molar-refractivity contribution is -0.121. The van der Waals surface area contributed by atoms with Gasteiger partial charge >= 0.3 is 0 Å². The molecule has 0 atom stereocenters. The summed E-state index contributed by atoms with van der Waals surface area (Å²) < 4.78 is 5.51. The minimum atomic E-state index is -0.0785. The Morgan fingerprint density at radius 3 is 2.24 bits per heavy atom. The van der Waals surface area contributed by atoms with Gasteiger partial charge in [-0.25, -0.2) is 0 Å². The molecule has 2 aliphatic rings. The largest absolute Gasteiger partial charge is 0.482 e. The normalized spacial score (nSPS) is 15.8. The highest BCUT2D eigenvalue weighted by molar-refractivity contribution is 6.33. The molecule has 5 rings (SSSR count). The van der Waals surface area contributed by atoms with Crippen LogP contribution in [0, 0.1) is 0 Å². The minimum Gasteiger partial charge on any atom is -0.482 e. The van der Waals surface area contributed by atoms with E-state index in [1.165, 1.54) is 0 Å². The Labute approximate surface area is 197 Å². The van der Waals surface area contributed by atoms with Gasteiger partial charge in [0.25, 0.3) is 11.8 Å². The van der Waals surface area contributed by atoms with Crippen LogP contribution in [0.15, 0.2) is 72.8 Å². The standard InChI is InChI=1S/C26H24ClN3O3/c27-21-5-1-2-6-22(21)28-13-15-29(16-14-28)26(32)20-11-9-19(10-12-20)17-30-23-7-3-4-8-24(23)33-18-25(30)31/h1-12H,13-18H2. The Kier molecular flexibility index (Phi) is 5.92. The summed E-state index contributed by atoms with van der Waals surface area (Å²) in [5.74, 6) is 0.651. The Bertz CT molecular complexity index is 1170. The molecule has 33 heavy (non-hydrogen) atoms. The summed E-state index contributed by atoms with van der Waals surface area (Å²) in [5, 5.41) is 0.731. The van der Waals surface area contributed by atoms with Crippen LogP contribution in [0.1, 0.15) is 15.9 Å². The van der Waals surface area contributed by atoms with Crippen molar-refractivity contribution in [3.8, 4) is 5.75 Å². The molecule has 2 heterocycles. The molecule has 168 valence electrons. The summed E-state index contributed by atoms with van der Waals surface area (Å²) >= 11 is 6.32. The summed E-state index contributed by atoms with van der Waals surface area (Å²) in [6.45, 7) is 3.24. The lowest BCUT2D eigenvalue weighted by Gasteiger charge is -2.36. The van der Waals surface area contributed by atoms with Gasteiger partial charge in [-0.15, -0.1) is 0 Å². The lowest BCUT2D eigenvalue weighted by Crippen LogP contribution is -2.48. The van der Waals surface area contributed by atoms with E-state index in [0.717, 1.165) is 35.1 Å². The number of hydrogen-bond donors (Lipinski definition) is 0. The molecule has 2 aliphatic heterocycles. The number of piperazine rings is 1. The number of carbonyl (C=O) groups excluding carboxylic acids is 2. The van der Waals surface area contributed by atoms with Gasteiger partial charge in [-0.2, -0.15) is 0 Å². The van der Waals surface area contributed by atoms with Crippen molar-refractivity contribution in [2.75, 3.05) is 42.6 Å². The maximum Gasteiger partial charge on any atom is 0.265 e. The maximum atomic E-state index is 13.0. The Balaban J connectivity index is 1.23. The maximum absolute atomic E-state index is 13.0. The lowest BCUT2D eigenvalue weighted by atomic mass is 10.1. The first-order valence-corrected chi connectivity index (χ1v) is 11.4. The molecule has 1 fully saturated rings. The van der Waals surface area contributed by atoms with E-state index in [1.54, 1.807) is 4.90 Å². The van der Waals surface area contributed by atoms with Crippen molar-refractivity contribution in [3.05, 3.63) is 88.9 Å². The van der Waals surface area contributed by atoms with Crippen LogP contribution < -0.4 is 14.5 Å². The van der Waals surface area contributed by atoms with Gasteiger partial charge in [0.2, 0.25) is 0 Å². The predicted octanol–water partition coefficient (Wildman–Crippen LogP) is 4.23. The molecule has 0 N–H and O–H groups in total. The number of ether oxygens (including phenoxy) is 1.